The third-order valence-corrected chi connectivity index (χ3v) is 3.44. The highest BCUT2D eigenvalue weighted by Crippen LogP contribution is 2.32. The van der Waals surface area contributed by atoms with Crippen LogP contribution < -0.4 is 5.32 Å². The summed E-state index contributed by atoms with van der Waals surface area (Å²) in [7, 11) is 0. The summed E-state index contributed by atoms with van der Waals surface area (Å²) in [6.45, 7) is 1.84. The van der Waals surface area contributed by atoms with Crippen molar-refractivity contribution in [3.63, 3.8) is 0 Å². The first-order valence-electron chi connectivity index (χ1n) is 6.24. The van der Waals surface area contributed by atoms with Crippen molar-refractivity contribution in [2.45, 2.75) is 13.1 Å². The number of carboxylic acid groups (broad SMARTS) is 1. The van der Waals surface area contributed by atoms with Gasteiger partial charge in [0, 0.05) is 43.3 Å². The maximum atomic E-state index is 11.5. The predicted molar refractivity (Wildman–Crippen MR) is 71.0 cm³/mol. The largest absolute Gasteiger partial charge is 0.478 e. The lowest BCUT2D eigenvalue weighted by atomic mass is 10.1. The van der Waals surface area contributed by atoms with E-state index in [4.69, 9.17) is 0 Å². The second-order valence-electron chi connectivity index (χ2n) is 4.53. The molecule has 2 aromatic rings. The van der Waals surface area contributed by atoms with Gasteiger partial charge in [-0.15, -0.1) is 0 Å². The SMILES string of the molecule is N#Cc1c(C(=O)O)c2n(c1-c1cccnc1)CCNC2. The smallest absolute Gasteiger partial charge is 0.338 e. The fourth-order valence-corrected chi connectivity index (χ4v) is 2.64. The molecule has 2 aromatic heterocycles. The van der Waals surface area contributed by atoms with Gasteiger partial charge in [0.1, 0.15) is 11.6 Å². The number of carboxylic acids is 1. The van der Waals surface area contributed by atoms with Crippen molar-refractivity contribution in [1.82, 2.24) is 14.9 Å². The number of hydrogen-bond acceptors (Lipinski definition) is 4. The summed E-state index contributed by atoms with van der Waals surface area (Å²) in [5.41, 5.74) is 2.37. The minimum atomic E-state index is -1.07. The normalized spacial score (nSPS) is 13.6. The molecule has 1 aliphatic heterocycles. The van der Waals surface area contributed by atoms with Gasteiger partial charge in [-0.1, -0.05) is 0 Å². The average molecular weight is 268 g/mol. The predicted octanol–water partition coefficient (Wildman–Crippen LogP) is 1.22. The van der Waals surface area contributed by atoms with E-state index in [0.717, 1.165) is 12.1 Å². The summed E-state index contributed by atoms with van der Waals surface area (Å²) in [4.78, 5) is 15.5. The van der Waals surface area contributed by atoms with Crippen molar-refractivity contribution >= 4 is 5.97 Å². The van der Waals surface area contributed by atoms with Crippen molar-refractivity contribution in [3.05, 3.63) is 41.3 Å². The lowest BCUT2D eigenvalue weighted by Crippen LogP contribution is -2.29. The summed E-state index contributed by atoms with van der Waals surface area (Å²) in [5, 5.41) is 21.9. The van der Waals surface area contributed by atoms with Crippen LogP contribution in [0, 0.1) is 11.3 Å². The molecule has 0 saturated carbocycles. The van der Waals surface area contributed by atoms with E-state index in [1.54, 1.807) is 18.5 Å². The van der Waals surface area contributed by atoms with E-state index in [0.29, 0.717) is 24.5 Å². The van der Waals surface area contributed by atoms with E-state index >= 15 is 0 Å². The summed E-state index contributed by atoms with van der Waals surface area (Å²) >= 11 is 0. The summed E-state index contributed by atoms with van der Waals surface area (Å²) in [5.74, 6) is -1.07. The Morgan fingerprint density at radius 3 is 3.05 bits per heavy atom. The molecular formula is C14H12N4O2. The van der Waals surface area contributed by atoms with Crippen LogP contribution in [0.25, 0.3) is 11.3 Å². The highest BCUT2D eigenvalue weighted by Gasteiger charge is 2.29. The number of pyridine rings is 1. The van der Waals surface area contributed by atoms with E-state index in [1.165, 1.54) is 0 Å². The van der Waals surface area contributed by atoms with E-state index in [9.17, 15) is 15.2 Å². The molecule has 3 heterocycles. The fraction of sp³-hybridized carbons (Fsp3) is 0.214. The highest BCUT2D eigenvalue weighted by atomic mass is 16.4. The Labute approximate surface area is 115 Å². The van der Waals surface area contributed by atoms with Gasteiger partial charge < -0.3 is 15.0 Å². The van der Waals surface area contributed by atoms with Crippen LogP contribution in [0.1, 0.15) is 21.6 Å². The van der Waals surface area contributed by atoms with Crippen LogP contribution in [0.3, 0.4) is 0 Å². The Kier molecular flexibility index (Phi) is 2.97. The van der Waals surface area contributed by atoms with E-state index < -0.39 is 5.97 Å². The number of aromatic nitrogens is 2. The average Bonchev–Trinajstić information content (AvgIpc) is 2.82. The molecule has 0 spiro atoms. The van der Waals surface area contributed by atoms with Crippen LogP contribution in [0.4, 0.5) is 0 Å². The lowest BCUT2D eigenvalue weighted by Gasteiger charge is -2.19. The van der Waals surface area contributed by atoms with Gasteiger partial charge in [0.25, 0.3) is 0 Å². The second kappa shape index (κ2) is 4.79. The Balaban J connectivity index is 2.34. The summed E-state index contributed by atoms with van der Waals surface area (Å²) in [6.07, 6.45) is 3.30. The number of rotatable bonds is 2. The second-order valence-corrected chi connectivity index (χ2v) is 4.53. The minimum absolute atomic E-state index is 0.0959. The van der Waals surface area contributed by atoms with Gasteiger partial charge in [0.2, 0.25) is 0 Å². The van der Waals surface area contributed by atoms with Crippen LogP contribution in [-0.2, 0) is 13.1 Å². The number of aromatic carboxylic acids is 1. The van der Waals surface area contributed by atoms with Gasteiger partial charge in [-0.05, 0) is 12.1 Å². The summed E-state index contributed by atoms with van der Waals surface area (Å²) in [6, 6.07) is 5.66. The molecule has 0 aromatic carbocycles. The van der Waals surface area contributed by atoms with Gasteiger partial charge in [0.15, 0.2) is 0 Å². The van der Waals surface area contributed by atoms with Gasteiger partial charge in [-0.2, -0.15) is 5.26 Å². The van der Waals surface area contributed by atoms with Crippen molar-refractivity contribution < 1.29 is 9.90 Å². The first-order chi connectivity index (χ1) is 9.74. The Morgan fingerprint density at radius 1 is 1.55 bits per heavy atom. The zero-order chi connectivity index (χ0) is 14.1. The topological polar surface area (TPSA) is 90.9 Å². The minimum Gasteiger partial charge on any atom is -0.478 e. The van der Waals surface area contributed by atoms with Gasteiger partial charge in [-0.3, -0.25) is 4.98 Å². The lowest BCUT2D eigenvalue weighted by molar-refractivity contribution is 0.0694. The van der Waals surface area contributed by atoms with Gasteiger partial charge in [0.05, 0.1) is 11.3 Å². The number of nitrogens with one attached hydrogen (secondary N) is 1. The van der Waals surface area contributed by atoms with E-state index in [1.807, 2.05) is 16.7 Å². The third kappa shape index (κ3) is 1.76. The van der Waals surface area contributed by atoms with Crippen LogP contribution in [0.15, 0.2) is 24.5 Å². The molecule has 0 radical (unpaired) electrons. The number of hydrogen-bond donors (Lipinski definition) is 2. The van der Waals surface area contributed by atoms with Crippen molar-refractivity contribution in [3.8, 4) is 17.3 Å². The van der Waals surface area contributed by atoms with Crippen molar-refractivity contribution in [1.29, 1.82) is 5.26 Å². The molecule has 1 aliphatic rings. The molecule has 0 unspecified atom stereocenters. The maximum Gasteiger partial charge on any atom is 0.338 e. The number of carbonyl (C=O) groups is 1. The van der Waals surface area contributed by atoms with Gasteiger partial charge in [-0.25, -0.2) is 4.79 Å². The van der Waals surface area contributed by atoms with E-state index in [2.05, 4.69) is 10.3 Å². The molecule has 0 aliphatic carbocycles. The molecule has 0 atom stereocenters. The molecule has 20 heavy (non-hydrogen) atoms. The zero-order valence-electron chi connectivity index (χ0n) is 10.6. The molecule has 100 valence electrons. The van der Waals surface area contributed by atoms with Crippen LogP contribution in [0.5, 0.6) is 0 Å². The molecule has 0 fully saturated rings. The Bertz CT molecular complexity index is 713. The number of fused-ring (bicyclic) bond motifs is 1. The third-order valence-electron chi connectivity index (χ3n) is 3.44. The molecular weight excluding hydrogens is 256 g/mol. The zero-order valence-corrected chi connectivity index (χ0v) is 10.6. The van der Waals surface area contributed by atoms with Crippen LogP contribution in [-0.4, -0.2) is 27.2 Å². The molecule has 2 N–H and O–H groups in total. The highest BCUT2D eigenvalue weighted by molar-refractivity contribution is 5.95. The van der Waals surface area contributed by atoms with Crippen LogP contribution in [0.2, 0.25) is 0 Å². The maximum absolute atomic E-state index is 11.5. The Hall–Kier alpha value is -2.65. The molecule has 3 rings (SSSR count). The van der Waals surface area contributed by atoms with Crippen LogP contribution >= 0.6 is 0 Å². The van der Waals surface area contributed by atoms with Crippen molar-refractivity contribution in [2.24, 2.45) is 0 Å². The van der Waals surface area contributed by atoms with Crippen molar-refractivity contribution in [2.75, 3.05) is 6.54 Å². The van der Waals surface area contributed by atoms with E-state index in [-0.39, 0.29) is 11.1 Å². The molecule has 0 bridgehead atoms. The monoisotopic (exact) mass is 268 g/mol. The first kappa shape index (κ1) is 12.4. The molecule has 0 saturated heterocycles. The fourth-order valence-electron chi connectivity index (χ4n) is 2.64. The first-order valence-corrected chi connectivity index (χ1v) is 6.24. The molecule has 0 amide bonds. The van der Waals surface area contributed by atoms with Gasteiger partial charge >= 0.3 is 5.97 Å². The standard InChI is InChI=1S/C14H12N4O2/c15-6-10-12(14(19)20)11-8-17-4-5-18(11)13(10)9-2-1-3-16-7-9/h1-3,7,17H,4-5,8H2,(H,19,20). The number of nitriles is 1. The molecule has 6 heteroatoms. The quantitative estimate of drug-likeness (QED) is 0.854. The number of nitrogens with zero attached hydrogens (tertiary/aromatic N) is 3. The summed E-state index contributed by atoms with van der Waals surface area (Å²) < 4.78 is 1.91. The Morgan fingerprint density at radius 2 is 2.40 bits per heavy atom. The molecule has 6 nitrogen and oxygen atoms in total.